The first kappa shape index (κ1) is 13.1. The van der Waals surface area contributed by atoms with E-state index in [4.69, 9.17) is 9.84 Å². The summed E-state index contributed by atoms with van der Waals surface area (Å²) in [6, 6.07) is 4.96. The van der Waals surface area contributed by atoms with E-state index in [2.05, 4.69) is 5.10 Å². The van der Waals surface area contributed by atoms with Crippen LogP contribution in [-0.2, 0) is 13.2 Å². The first-order chi connectivity index (χ1) is 9.10. The van der Waals surface area contributed by atoms with Crippen LogP contribution in [0.5, 0.6) is 5.75 Å². The molecule has 2 rings (SSSR count). The number of aromatic carboxylic acids is 1. The fourth-order valence-electron chi connectivity index (χ4n) is 1.79. The standard InChI is InChI=1S/C14H16N2O3/c1-3-16-8-11(7-15-16)9-19-12-4-5-13(14(17)18)10(2)6-12/h4-8H,3,9H2,1-2H3,(H,17,18). The zero-order valence-electron chi connectivity index (χ0n) is 11.0. The van der Waals surface area contributed by atoms with Crippen molar-refractivity contribution in [3.05, 3.63) is 47.3 Å². The predicted octanol–water partition coefficient (Wildman–Crippen LogP) is 2.49. The SMILES string of the molecule is CCn1cc(COc2ccc(C(=O)O)c(C)c2)cn1. The lowest BCUT2D eigenvalue weighted by atomic mass is 10.1. The van der Waals surface area contributed by atoms with Gasteiger partial charge in [-0.2, -0.15) is 5.10 Å². The zero-order valence-corrected chi connectivity index (χ0v) is 11.0. The largest absolute Gasteiger partial charge is 0.489 e. The van der Waals surface area contributed by atoms with Crippen LogP contribution in [0, 0.1) is 6.92 Å². The van der Waals surface area contributed by atoms with Crippen molar-refractivity contribution in [3.63, 3.8) is 0 Å². The lowest BCUT2D eigenvalue weighted by Crippen LogP contribution is -2.01. The van der Waals surface area contributed by atoms with Crippen LogP contribution in [0.15, 0.2) is 30.6 Å². The molecule has 0 bridgehead atoms. The third kappa shape index (κ3) is 3.13. The average molecular weight is 260 g/mol. The molecule has 0 saturated heterocycles. The highest BCUT2D eigenvalue weighted by Gasteiger charge is 2.07. The lowest BCUT2D eigenvalue weighted by molar-refractivity contribution is 0.0696. The van der Waals surface area contributed by atoms with Crippen LogP contribution < -0.4 is 4.74 Å². The molecule has 0 aliphatic rings. The second kappa shape index (κ2) is 5.56. The molecular weight excluding hydrogens is 244 g/mol. The Morgan fingerprint density at radius 1 is 1.47 bits per heavy atom. The van der Waals surface area contributed by atoms with Crippen molar-refractivity contribution >= 4 is 5.97 Å². The van der Waals surface area contributed by atoms with Crippen molar-refractivity contribution in [1.29, 1.82) is 0 Å². The van der Waals surface area contributed by atoms with Crippen LogP contribution in [0.25, 0.3) is 0 Å². The lowest BCUT2D eigenvalue weighted by Gasteiger charge is -2.07. The van der Waals surface area contributed by atoms with Crippen molar-refractivity contribution < 1.29 is 14.6 Å². The highest BCUT2D eigenvalue weighted by Crippen LogP contribution is 2.18. The van der Waals surface area contributed by atoms with Crippen molar-refractivity contribution in [2.75, 3.05) is 0 Å². The Morgan fingerprint density at radius 2 is 2.26 bits per heavy atom. The minimum atomic E-state index is -0.923. The number of carboxylic acids is 1. The number of rotatable bonds is 5. The highest BCUT2D eigenvalue weighted by molar-refractivity contribution is 5.89. The van der Waals surface area contributed by atoms with E-state index in [1.54, 1.807) is 31.3 Å². The Labute approximate surface area is 111 Å². The van der Waals surface area contributed by atoms with E-state index >= 15 is 0 Å². The van der Waals surface area contributed by atoms with Crippen LogP contribution in [-0.4, -0.2) is 20.9 Å². The summed E-state index contributed by atoms with van der Waals surface area (Å²) in [7, 11) is 0. The number of carboxylic acid groups (broad SMARTS) is 1. The topological polar surface area (TPSA) is 64.3 Å². The molecule has 0 spiro atoms. The van der Waals surface area contributed by atoms with E-state index in [1.165, 1.54) is 0 Å². The van der Waals surface area contributed by atoms with Gasteiger partial charge in [0.1, 0.15) is 12.4 Å². The van der Waals surface area contributed by atoms with E-state index < -0.39 is 5.97 Å². The Morgan fingerprint density at radius 3 is 2.84 bits per heavy atom. The Kier molecular flexibility index (Phi) is 3.85. The van der Waals surface area contributed by atoms with Crippen LogP contribution >= 0.6 is 0 Å². The first-order valence-electron chi connectivity index (χ1n) is 6.08. The van der Waals surface area contributed by atoms with E-state index in [0.717, 1.165) is 12.1 Å². The fraction of sp³-hybridized carbons (Fsp3) is 0.286. The van der Waals surface area contributed by atoms with Gasteiger partial charge in [-0.3, -0.25) is 4.68 Å². The van der Waals surface area contributed by atoms with Gasteiger partial charge < -0.3 is 9.84 Å². The normalized spacial score (nSPS) is 10.4. The molecule has 0 saturated carbocycles. The van der Waals surface area contributed by atoms with Gasteiger partial charge in [-0.1, -0.05) is 0 Å². The van der Waals surface area contributed by atoms with Crippen LogP contribution in [0.2, 0.25) is 0 Å². The van der Waals surface area contributed by atoms with Crippen molar-refractivity contribution in [1.82, 2.24) is 9.78 Å². The molecule has 5 nitrogen and oxygen atoms in total. The van der Waals surface area contributed by atoms with E-state index in [1.807, 2.05) is 17.8 Å². The van der Waals surface area contributed by atoms with Gasteiger partial charge in [0.15, 0.2) is 0 Å². The molecule has 0 radical (unpaired) electrons. The number of aryl methyl sites for hydroxylation is 2. The highest BCUT2D eigenvalue weighted by atomic mass is 16.5. The van der Waals surface area contributed by atoms with Crippen LogP contribution in [0.3, 0.4) is 0 Å². The summed E-state index contributed by atoms with van der Waals surface area (Å²) in [5, 5.41) is 13.1. The molecule has 2 aromatic rings. The molecule has 0 unspecified atom stereocenters. The molecule has 19 heavy (non-hydrogen) atoms. The molecule has 1 N–H and O–H groups in total. The van der Waals surface area contributed by atoms with Gasteiger partial charge in [0, 0.05) is 18.3 Å². The minimum Gasteiger partial charge on any atom is -0.489 e. The molecule has 0 aliphatic heterocycles. The molecule has 1 aromatic heterocycles. The van der Waals surface area contributed by atoms with E-state index in [-0.39, 0.29) is 0 Å². The van der Waals surface area contributed by atoms with Crippen molar-refractivity contribution in [2.24, 2.45) is 0 Å². The molecule has 0 fully saturated rings. The Hall–Kier alpha value is -2.30. The van der Waals surface area contributed by atoms with E-state index in [9.17, 15) is 4.79 Å². The third-order valence-electron chi connectivity index (χ3n) is 2.84. The Bertz CT molecular complexity index is 590. The fourth-order valence-corrected chi connectivity index (χ4v) is 1.79. The maximum atomic E-state index is 10.9. The third-order valence-corrected chi connectivity index (χ3v) is 2.84. The second-order valence-corrected chi connectivity index (χ2v) is 4.27. The van der Waals surface area contributed by atoms with Crippen LogP contribution in [0.4, 0.5) is 0 Å². The zero-order chi connectivity index (χ0) is 13.8. The van der Waals surface area contributed by atoms with Crippen molar-refractivity contribution in [3.8, 4) is 5.75 Å². The van der Waals surface area contributed by atoms with Gasteiger partial charge >= 0.3 is 5.97 Å². The monoisotopic (exact) mass is 260 g/mol. The molecule has 5 heteroatoms. The van der Waals surface area contributed by atoms with Gasteiger partial charge in [0.05, 0.1) is 11.8 Å². The molecular formula is C14H16N2O3. The quantitative estimate of drug-likeness (QED) is 0.897. The van der Waals surface area contributed by atoms with Gasteiger partial charge in [-0.15, -0.1) is 0 Å². The van der Waals surface area contributed by atoms with Gasteiger partial charge in [-0.05, 0) is 37.6 Å². The smallest absolute Gasteiger partial charge is 0.335 e. The summed E-state index contributed by atoms with van der Waals surface area (Å²) in [5.74, 6) is -0.264. The molecule has 1 aromatic carbocycles. The summed E-state index contributed by atoms with van der Waals surface area (Å²) in [4.78, 5) is 10.9. The second-order valence-electron chi connectivity index (χ2n) is 4.27. The van der Waals surface area contributed by atoms with Crippen molar-refractivity contribution in [2.45, 2.75) is 27.0 Å². The maximum absolute atomic E-state index is 10.9. The number of hydrogen-bond acceptors (Lipinski definition) is 3. The minimum absolute atomic E-state index is 0.297. The molecule has 1 heterocycles. The number of carbonyl (C=O) groups is 1. The average Bonchev–Trinajstić information content (AvgIpc) is 2.84. The molecule has 100 valence electrons. The van der Waals surface area contributed by atoms with E-state index in [0.29, 0.717) is 23.5 Å². The number of hydrogen-bond donors (Lipinski definition) is 1. The van der Waals surface area contributed by atoms with Gasteiger partial charge in [0.25, 0.3) is 0 Å². The summed E-state index contributed by atoms with van der Waals surface area (Å²) in [5.41, 5.74) is 1.97. The number of benzene rings is 1. The van der Waals surface area contributed by atoms with Gasteiger partial charge in [0.2, 0.25) is 0 Å². The first-order valence-corrected chi connectivity index (χ1v) is 6.08. The van der Waals surface area contributed by atoms with Gasteiger partial charge in [-0.25, -0.2) is 4.79 Å². The number of aromatic nitrogens is 2. The van der Waals surface area contributed by atoms with Crippen LogP contribution in [0.1, 0.15) is 28.4 Å². The maximum Gasteiger partial charge on any atom is 0.335 e. The summed E-state index contributed by atoms with van der Waals surface area (Å²) in [6.07, 6.45) is 3.69. The summed E-state index contributed by atoms with van der Waals surface area (Å²) >= 11 is 0. The molecule has 0 atom stereocenters. The number of nitrogens with zero attached hydrogens (tertiary/aromatic N) is 2. The molecule has 0 aliphatic carbocycles. The number of ether oxygens (including phenoxy) is 1. The predicted molar refractivity (Wildman–Crippen MR) is 70.4 cm³/mol. The Balaban J connectivity index is 2.03. The summed E-state index contributed by atoms with van der Waals surface area (Å²) < 4.78 is 7.45. The summed E-state index contributed by atoms with van der Waals surface area (Å²) in [6.45, 7) is 5.02. The molecule has 0 amide bonds.